The fourth-order valence-corrected chi connectivity index (χ4v) is 1.14. The van der Waals surface area contributed by atoms with E-state index in [2.05, 4.69) is 4.99 Å². The maximum atomic E-state index is 10.5. The van der Waals surface area contributed by atoms with Gasteiger partial charge in [0.25, 0.3) is 0 Å². The lowest BCUT2D eigenvalue weighted by atomic mass is 10.1. The summed E-state index contributed by atoms with van der Waals surface area (Å²) in [7, 11) is 0. The van der Waals surface area contributed by atoms with Crippen LogP contribution >= 0.6 is 0 Å². The van der Waals surface area contributed by atoms with Gasteiger partial charge >= 0.3 is 5.97 Å². The fourth-order valence-electron chi connectivity index (χ4n) is 1.14. The molecule has 0 bridgehead atoms. The Morgan fingerprint density at radius 3 is 2.60 bits per heavy atom. The highest BCUT2D eigenvalue weighted by Crippen LogP contribution is 2.04. The number of aldehydes is 1. The zero-order valence-corrected chi connectivity index (χ0v) is 8.85. The fraction of sp³-hybridized carbons (Fsp3) is 0.700. The molecule has 0 aliphatic heterocycles. The summed E-state index contributed by atoms with van der Waals surface area (Å²) in [6.45, 7) is 1.57. The lowest BCUT2D eigenvalue weighted by molar-refractivity contribution is -0.135. The molecule has 0 aromatic rings. The maximum absolute atomic E-state index is 10.5. The Morgan fingerprint density at radius 2 is 2.13 bits per heavy atom. The van der Waals surface area contributed by atoms with E-state index in [0.29, 0.717) is 25.5 Å². The predicted octanol–water partition coefficient (Wildman–Crippen LogP) is 0.652. The first-order valence-corrected chi connectivity index (χ1v) is 4.98. The van der Waals surface area contributed by atoms with Crippen molar-refractivity contribution in [3.8, 4) is 0 Å². The second-order valence-electron chi connectivity index (χ2n) is 3.30. The number of hydrogen-bond donors (Lipinski definition) is 2. The van der Waals surface area contributed by atoms with Crippen LogP contribution in [0.4, 0.5) is 0 Å². The minimum Gasteiger partial charge on any atom is -0.480 e. The zero-order chi connectivity index (χ0) is 11.7. The van der Waals surface area contributed by atoms with Crippen molar-refractivity contribution in [2.75, 3.05) is 6.54 Å². The van der Waals surface area contributed by atoms with Crippen LogP contribution in [0.2, 0.25) is 0 Å². The first-order valence-electron chi connectivity index (χ1n) is 4.98. The molecular weight excluding hydrogens is 198 g/mol. The molecule has 0 aliphatic carbocycles. The lowest BCUT2D eigenvalue weighted by Crippen LogP contribution is -2.12. The van der Waals surface area contributed by atoms with Crippen LogP contribution < -0.4 is 0 Å². The van der Waals surface area contributed by atoms with Crippen LogP contribution in [0.25, 0.3) is 0 Å². The molecule has 0 fully saturated rings. The van der Waals surface area contributed by atoms with Crippen molar-refractivity contribution in [1.82, 2.24) is 0 Å². The van der Waals surface area contributed by atoms with Gasteiger partial charge in [-0.05, 0) is 19.3 Å². The van der Waals surface area contributed by atoms with E-state index in [1.54, 1.807) is 0 Å². The Balaban J connectivity index is 3.94. The van der Waals surface area contributed by atoms with Crippen LogP contribution in [0.5, 0.6) is 0 Å². The average molecular weight is 215 g/mol. The zero-order valence-electron chi connectivity index (χ0n) is 8.85. The van der Waals surface area contributed by atoms with Crippen molar-refractivity contribution in [3.63, 3.8) is 0 Å². The summed E-state index contributed by atoms with van der Waals surface area (Å²) in [6.07, 6.45) is 2.45. The molecule has 0 radical (unpaired) electrons. The Kier molecular flexibility index (Phi) is 7.44. The highest BCUT2D eigenvalue weighted by molar-refractivity contribution is 6.28. The van der Waals surface area contributed by atoms with Gasteiger partial charge in [0.1, 0.15) is 6.54 Å². The van der Waals surface area contributed by atoms with Gasteiger partial charge in [-0.1, -0.05) is 13.3 Å². The third kappa shape index (κ3) is 7.81. The van der Waals surface area contributed by atoms with Gasteiger partial charge in [-0.25, -0.2) is 0 Å². The highest BCUT2D eigenvalue weighted by atomic mass is 16.4. The lowest BCUT2D eigenvalue weighted by Gasteiger charge is -2.07. The van der Waals surface area contributed by atoms with E-state index in [0.717, 1.165) is 6.42 Å². The molecular formula is C10H17NO4. The van der Waals surface area contributed by atoms with Gasteiger partial charge in [0.2, 0.25) is 0 Å². The van der Waals surface area contributed by atoms with E-state index in [-0.39, 0.29) is 5.71 Å². The molecule has 2 N–H and O–H groups in total. The average Bonchev–Trinajstić information content (AvgIpc) is 2.18. The van der Waals surface area contributed by atoms with E-state index in [1.165, 1.54) is 0 Å². The summed E-state index contributed by atoms with van der Waals surface area (Å²) in [5.74, 6) is -1.07. The number of aliphatic hydroxyl groups excluding tert-OH is 1. The number of aliphatic hydroxyl groups is 1. The number of hydrogen-bond acceptors (Lipinski definition) is 4. The van der Waals surface area contributed by atoms with Crippen LogP contribution in [0.15, 0.2) is 4.99 Å². The Hall–Kier alpha value is -1.23. The smallest absolute Gasteiger partial charge is 0.325 e. The van der Waals surface area contributed by atoms with Gasteiger partial charge in [-0.15, -0.1) is 0 Å². The second-order valence-corrected chi connectivity index (χ2v) is 3.30. The number of aliphatic imine (C=N–C) groups is 1. The number of carboxylic acid groups (broad SMARTS) is 1. The standard InChI is InChI=1S/C10H17NO4/c1-2-3-9(13)5-4-8(7-12)11-6-10(14)15/h7,9,13H,2-6H2,1H3,(H,14,15). The van der Waals surface area contributed by atoms with Crippen LogP contribution in [-0.2, 0) is 9.59 Å². The third-order valence-corrected chi connectivity index (χ3v) is 1.91. The van der Waals surface area contributed by atoms with Gasteiger partial charge in [0.05, 0.1) is 11.8 Å². The van der Waals surface area contributed by atoms with Crippen molar-refractivity contribution in [1.29, 1.82) is 0 Å². The molecule has 5 nitrogen and oxygen atoms in total. The van der Waals surface area contributed by atoms with Gasteiger partial charge < -0.3 is 10.2 Å². The quantitative estimate of drug-likeness (QED) is 0.459. The molecule has 0 aromatic carbocycles. The van der Waals surface area contributed by atoms with Crippen molar-refractivity contribution in [2.24, 2.45) is 4.99 Å². The largest absolute Gasteiger partial charge is 0.480 e. The number of carbonyl (C=O) groups is 2. The number of aliphatic carboxylic acids is 1. The molecule has 0 saturated heterocycles. The molecule has 0 spiro atoms. The van der Waals surface area contributed by atoms with Gasteiger partial charge in [-0.3, -0.25) is 14.6 Å². The predicted molar refractivity (Wildman–Crippen MR) is 56.2 cm³/mol. The minimum atomic E-state index is -1.07. The monoisotopic (exact) mass is 215 g/mol. The van der Waals surface area contributed by atoms with Crippen LogP contribution in [0.1, 0.15) is 32.6 Å². The minimum absolute atomic E-state index is 0.201. The second kappa shape index (κ2) is 8.11. The first kappa shape index (κ1) is 13.8. The summed E-state index contributed by atoms with van der Waals surface area (Å²) in [5, 5.41) is 17.7. The van der Waals surface area contributed by atoms with E-state index >= 15 is 0 Å². The number of carboxylic acids is 1. The number of carbonyl (C=O) groups excluding carboxylic acids is 1. The van der Waals surface area contributed by atoms with E-state index in [9.17, 15) is 14.7 Å². The summed E-state index contributed by atoms with van der Waals surface area (Å²) in [6, 6.07) is 0. The van der Waals surface area contributed by atoms with Crippen molar-refractivity contribution in [2.45, 2.75) is 38.7 Å². The van der Waals surface area contributed by atoms with Crippen LogP contribution in [0.3, 0.4) is 0 Å². The summed E-state index contributed by atoms with van der Waals surface area (Å²) in [5.41, 5.74) is 0.201. The van der Waals surface area contributed by atoms with E-state index in [1.807, 2.05) is 6.92 Å². The third-order valence-electron chi connectivity index (χ3n) is 1.91. The summed E-state index contributed by atoms with van der Waals surface area (Å²) < 4.78 is 0. The van der Waals surface area contributed by atoms with Gasteiger partial charge in [-0.2, -0.15) is 0 Å². The number of rotatable bonds is 8. The maximum Gasteiger partial charge on any atom is 0.325 e. The Bertz CT molecular complexity index is 238. The molecule has 5 heteroatoms. The van der Waals surface area contributed by atoms with Crippen LogP contribution in [-0.4, -0.2) is 40.8 Å². The van der Waals surface area contributed by atoms with Gasteiger partial charge in [0.15, 0.2) is 6.29 Å². The van der Waals surface area contributed by atoms with Crippen molar-refractivity contribution in [3.05, 3.63) is 0 Å². The van der Waals surface area contributed by atoms with Crippen molar-refractivity contribution >= 4 is 18.0 Å². The van der Waals surface area contributed by atoms with E-state index < -0.39 is 18.6 Å². The van der Waals surface area contributed by atoms with E-state index in [4.69, 9.17) is 5.11 Å². The molecule has 0 rings (SSSR count). The topological polar surface area (TPSA) is 87.0 Å². The molecule has 1 unspecified atom stereocenters. The molecule has 0 aromatic heterocycles. The molecule has 0 saturated carbocycles. The summed E-state index contributed by atoms with van der Waals surface area (Å²) in [4.78, 5) is 24.3. The SMILES string of the molecule is CCCC(O)CCC(C=O)=NCC(=O)O. The summed E-state index contributed by atoms with van der Waals surface area (Å²) >= 11 is 0. The molecule has 86 valence electrons. The van der Waals surface area contributed by atoms with Crippen molar-refractivity contribution < 1.29 is 19.8 Å². The van der Waals surface area contributed by atoms with Gasteiger partial charge in [0, 0.05) is 0 Å². The first-order chi connectivity index (χ1) is 7.10. The molecule has 0 heterocycles. The Morgan fingerprint density at radius 1 is 1.47 bits per heavy atom. The molecule has 0 amide bonds. The Labute approximate surface area is 88.8 Å². The molecule has 0 aliphatic rings. The molecule has 15 heavy (non-hydrogen) atoms. The van der Waals surface area contributed by atoms with Crippen LogP contribution in [0, 0.1) is 0 Å². The number of nitrogens with zero attached hydrogens (tertiary/aromatic N) is 1. The molecule has 1 atom stereocenters. The highest BCUT2D eigenvalue weighted by Gasteiger charge is 2.06. The normalized spacial score (nSPS) is 13.6.